The maximum atomic E-state index is 5.66. The summed E-state index contributed by atoms with van der Waals surface area (Å²) in [5.41, 5.74) is 1.64. The van der Waals surface area contributed by atoms with E-state index >= 15 is 0 Å². The van der Waals surface area contributed by atoms with Crippen LogP contribution in [0.5, 0.6) is 0 Å². The first kappa shape index (κ1) is 22.0. The third kappa shape index (κ3) is 4.93. The molecule has 0 saturated carbocycles. The predicted octanol–water partition coefficient (Wildman–Crippen LogP) is 4.42. The summed E-state index contributed by atoms with van der Waals surface area (Å²) in [6, 6.07) is 8.45. The van der Waals surface area contributed by atoms with E-state index in [1.807, 2.05) is 0 Å². The van der Waals surface area contributed by atoms with Gasteiger partial charge in [-0.25, -0.2) is 0 Å². The average molecular weight is 536 g/mol. The minimum absolute atomic E-state index is 0. The fraction of sp³-hybridized carbons (Fsp3) is 0.650. The van der Waals surface area contributed by atoms with Crippen molar-refractivity contribution in [2.24, 2.45) is 10.4 Å². The van der Waals surface area contributed by atoms with Gasteiger partial charge in [0.05, 0.1) is 13.2 Å². The smallest absolute Gasteiger partial charge is 0.193 e. The van der Waals surface area contributed by atoms with Crippen LogP contribution in [-0.4, -0.2) is 50.3 Å². The summed E-state index contributed by atoms with van der Waals surface area (Å²) in [5.74, 6) is 1.05. The van der Waals surface area contributed by atoms with E-state index in [0.717, 1.165) is 49.8 Å². The van der Waals surface area contributed by atoms with Crippen molar-refractivity contribution in [3.63, 3.8) is 0 Å². The molecule has 26 heavy (non-hydrogen) atoms. The predicted molar refractivity (Wildman–Crippen MR) is 123 cm³/mol. The number of halogens is 2. The molecule has 1 spiro atoms. The van der Waals surface area contributed by atoms with Gasteiger partial charge in [-0.2, -0.15) is 0 Å². The molecule has 4 nitrogen and oxygen atoms in total. The molecule has 1 unspecified atom stereocenters. The molecule has 6 heteroatoms. The van der Waals surface area contributed by atoms with Gasteiger partial charge >= 0.3 is 0 Å². The zero-order chi connectivity index (χ0) is 17.9. The molecule has 2 heterocycles. The zero-order valence-electron chi connectivity index (χ0n) is 16.1. The number of aliphatic imine (C=N–C) groups is 1. The molecule has 1 N–H and O–H groups in total. The van der Waals surface area contributed by atoms with Crippen molar-refractivity contribution in [2.75, 3.05) is 39.4 Å². The quantitative estimate of drug-likeness (QED) is 0.352. The molecule has 2 saturated heterocycles. The normalized spacial score (nSPS) is 23.4. The van der Waals surface area contributed by atoms with Crippen LogP contribution in [-0.2, 0) is 10.2 Å². The van der Waals surface area contributed by atoms with E-state index in [-0.39, 0.29) is 29.4 Å². The summed E-state index contributed by atoms with van der Waals surface area (Å²) in [4.78, 5) is 7.43. The number of rotatable bonds is 4. The largest absolute Gasteiger partial charge is 0.381 e. The standard InChI is InChI=1S/C20H30BrN3O.HI/c1-4-22-18(24-11-9-20(14-24)10-12-25-15-20)23-13-19(2,3)16-7-5-6-8-17(16)21;/h5-8H,4,9-15H2,1-3H3,(H,22,23);1H. The van der Waals surface area contributed by atoms with Gasteiger partial charge in [-0.3, -0.25) is 4.99 Å². The first-order valence-corrected chi connectivity index (χ1v) is 10.1. The van der Waals surface area contributed by atoms with Gasteiger partial charge in [0.25, 0.3) is 0 Å². The van der Waals surface area contributed by atoms with E-state index in [4.69, 9.17) is 9.73 Å². The summed E-state index contributed by atoms with van der Waals surface area (Å²) in [6.07, 6.45) is 2.40. The molecule has 2 fully saturated rings. The number of nitrogens with zero attached hydrogens (tertiary/aromatic N) is 2. The fourth-order valence-electron chi connectivity index (χ4n) is 3.88. The molecule has 0 aliphatic carbocycles. The van der Waals surface area contributed by atoms with Crippen LogP contribution >= 0.6 is 39.9 Å². The molecular weight excluding hydrogens is 505 g/mol. The first-order valence-electron chi connectivity index (χ1n) is 9.32. The average Bonchev–Trinajstić information content (AvgIpc) is 3.22. The van der Waals surface area contributed by atoms with Gasteiger partial charge in [0.2, 0.25) is 0 Å². The Hall–Kier alpha value is -0.340. The van der Waals surface area contributed by atoms with Crippen molar-refractivity contribution in [1.29, 1.82) is 0 Å². The highest BCUT2D eigenvalue weighted by molar-refractivity contribution is 14.0. The number of likely N-dealkylation sites (tertiary alicyclic amines) is 1. The molecule has 2 aliphatic rings. The highest BCUT2D eigenvalue weighted by Crippen LogP contribution is 2.38. The fourth-order valence-corrected chi connectivity index (χ4v) is 4.70. The number of hydrogen-bond donors (Lipinski definition) is 1. The van der Waals surface area contributed by atoms with Crippen molar-refractivity contribution in [2.45, 2.75) is 39.0 Å². The van der Waals surface area contributed by atoms with E-state index in [2.05, 4.69) is 71.2 Å². The van der Waals surface area contributed by atoms with E-state index in [9.17, 15) is 0 Å². The molecule has 1 aromatic rings. The van der Waals surface area contributed by atoms with Gasteiger partial charge in [0.15, 0.2) is 5.96 Å². The lowest BCUT2D eigenvalue weighted by Gasteiger charge is -2.28. The first-order chi connectivity index (χ1) is 12.0. The summed E-state index contributed by atoms with van der Waals surface area (Å²) >= 11 is 3.69. The summed E-state index contributed by atoms with van der Waals surface area (Å²) in [5, 5.41) is 3.49. The third-order valence-corrected chi connectivity index (χ3v) is 6.18. The second kappa shape index (κ2) is 9.24. The van der Waals surface area contributed by atoms with Crippen molar-refractivity contribution in [3.8, 4) is 0 Å². The van der Waals surface area contributed by atoms with Crippen molar-refractivity contribution in [3.05, 3.63) is 34.3 Å². The maximum Gasteiger partial charge on any atom is 0.193 e. The van der Waals surface area contributed by atoms with E-state index in [1.165, 1.54) is 18.4 Å². The molecule has 0 radical (unpaired) electrons. The van der Waals surface area contributed by atoms with Gasteiger partial charge < -0.3 is 15.0 Å². The third-order valence-electron chi connectivity index (χ3n) is 5.48. The van der Waals surface area contributed by atoms with Crippen LogP contribution in [0.25, 0.3) is 0 Å². The number of nitrogens with one attached hydrogen (secondary N) is 1. The van der Waals surface area contributed by atoms with Crippen LogP contribution in [0, 0.1) is 5.41 Å². The van der Waals surface area contributed by atoms with Crippen molar-refractivity contribution in [1.82, 2.24) is 10.2 Å². The van der Waals surface area contributed by atoms with Crippen LogP contribution < -0.4 is 5.32 Å². The van der Waals surface area contributed by atoms with Crippen LogP contribution in [0.2, 0.25) is 0 Å². The van der Waals surface area contributed by atoms with Crippen LogP contribution in [0.3, 0.4) is 0 Å². The van der Waals surface area contributed by atoms with Gasteiger partial charge in [-0.05, 0) is 31.4 Å². The van der Waals surface area contributed by atoms with Crippen LogP contribution in [0.1, 0.15) is 39.2 Å². The molecule has 1 atom stereocenters. The molecule has 0 amide bonds. The molecule has 146 valence electrons. The Kier molecular flexibility index (Phi) is 7.80. The van der Waals surface area contributed by atoms with E-state index in [1.54, 1.807) is 0 Å². The second-order valence-electron chi connectivity index (χ2n) is 8.01. The number of guanidine groups is 1. The maximum absolute atomic E-state index is 5.66. The Labute approximate surface area is 183 Å². The molecule has 3 rings (SSSR count). The minimum atomic E-state index is -0.0192. The Morgan fingerprint density at radius 2 is 2.12 bits per heavy atom. The summed E-state index contributed by atoms with van der Waals surface area (Å²) in [7, 11) is 0. The number of benzene rings is 1. The van der Waals surface area contributed by atoms with Crippen LogP contribution in [0.4, 0.5) is 0 Å². The van der Waals surface area contributed by atoms with Gasteiger partial charge in [-0.15, -0.1) is 24.0 Å². The van der Waals surface area contributed by atoms with Gasteiger partial charge in [0.1, 0.15) is 0 Å². The Morgan fingerprint density at radius 3 is 2.77 bits per heavy atom. The summed E-state index contributed by atoms with van der Waals surface area (Å²) in [6.45, 7) is 12.3. The highest BCUT2D eigenvalue weighted by atomic mass is 127. The van der Waals surface area contributed by atoms with Gasteiger partial charge in [0, 0.05) is 41.5 Å². The molecule has 0 bridgehead atoms. The SMILES string of the molecule is CCNC(=NCC(C)(C)c1ccccc1Br)N1CCC2(CCOC2)C1.I. The Bertz CT molecular complexity index is 629. The monoisotopic (exact) mass is 535 g/mol. The van der Waals surface area contributed by atoms with Crippen molar-refractivity contribution >= 4 is 45.9 Å². The minimum Gasteiger partial charge on any atom is -0.381 e. The molecule has 1 aromatic carbocycles. The molecule has 0 aromatic heterocycles. The van der Waals surface area contributed by atoms with E-state index < -0.39 is 0 Å². The molecular formula is C20H31BrIN3O. The number of hydrogen-bond acceptors (Lipinski definition) is 2. The lowest BCUT2D eigenvalue weighted by Crippen LogP contribution is -2.42. The lowest BCUT2D eigenvalue weighted by molar-refractivity contribution is 0.156. The summed E-state index contributed by atoms with van der Waals surface area (Å²) < 4.78 is 6.82. The Balaban J connectivity index is 0.00000243. The van der Waals surface area contributed by atoms with Crippen LogP contribution in [0.15, 0.2) is 33.7 Å². The highest BCUT2D eigenvalue weighted by Gasteiger charge is 2.42. The van der Waals surface area contributed by atoms with Gasteiger partial charge in [-0.1, -0.05) is 48.0 Å². The Morgan fingerprint density at radius 1 is 1.35 bits per heavy atom. The topological polar surface area (TPSA) is 36.9 Å². The second-order valence-corrected chi connectivity index (χ2v) is 8.86. The zero-order valence-corrected chi connectivity index (χ0v) is 20.0. The van der Waals surface area contributed by atoms with E-state index in [0.29, 0.717) is 5.41 Å². The number of ether oxygens (including phenoxy) is 1. The lowest BCUT2D eigenvalue weighted by atomic mass is 9.85. The van der Waals surface area contributed by atoms with Crippen molar-refractivity contribution < 1.29 is 4.74 Å². The molecule has 2 aliphatic heterocycles.